The highest BCUT2D eigenvalue weighted by atomic mass is 16.5. The number of ether oxygens (including phenoxy) is 2. The van der Waals surface area contributed by atoms with Gasteiger partial charge in [-0.15, -0.1) is 0 Å². The van der Waals surface area contributed by atoms with E-state index in [0.717, 1.165) is 39.3 Å². The van der Waals surface area contributed by atoms with E-state index in [4.69, 9.17) is 9.47 Å². The van der Waals surface area contributed by atoms with Gasteiger partial charge in [0, 0.05) is 33.6 Å². The molecule has 4 aromatic carbocycles. The molecule has 5 rings (SSSR count). The van der Waals surface area contributed by atoms with Gasteiger partial charge in [0.2, 0.25) is 0 Å². The quantitative estimate of drug-likeness (QED) is 0.130. The Hall–Kier alpha value is -4.90. The van der Waals surface area contributed by atoms with Gasteiger partial charge in [-0.05, 0) is 110 Å². The van der Waals surface area contributed by atoms with E-state index < -0.39 is 17.4 Å². The minimum Gasteiger partial charge on any atom is -0.462 e. The molecule has 224 valence electrons. The third kappa shape index (κ3) is 6.09. The van der Waals surface area contributed by atoms with Crippen molar-refractivity contribution in [3.63, 3.8) is 0 Å². The van der Waals surface area contributed by atoms with Gasteiger partial charge in [0.25, 0.3) is 0 Å². The number of anilines is 3. The number of hydrogen-bond donors (Lipinski definition) is 0. The predicted octanol–water partition coefficient (Wildman–Crippen LogP) is 9.06. The highest BCUT2D eigenvalue weighted by Gasteiger charge is 2.43. The van der Waals surface area contributed by atoms with E-state index in [1.54, 1.807) is 13.8 Å². The summed E-state index contributed by atoms with van der Waals surface area (Å²) in [6.45, 7) is 15.3. The third-order valence-corrected chi connectivity index (χ3v) is 8.25. The Morgan fingerprint density at radius 2 is 1.14 bits per heavy atom. The maximum atomic E-state index is 12.4. The molecule has 0 aliphatic heterocycles. The van der Waals surface area contributed by atoms with Gasteiger partial charge in [-0.2, -0.15) is 0 Å². The van der Waals surface area contributed by atoms with Crippen LogP contribution in [0.3, 0.4) is 0 Å². The van der Waals surface area contributed by atoms with E-state index in [-0.39, 0.29) is 13.2 Å². The van der Waals surface area contributed by atoms with E-state index >= 15 is 0 Å². The van der Waals surface area contributed by atoms with Crippen LogP contribution in [-0.4, -0.2) is 25.2 Å². The summed E-state index contributed by atoms with van der Waals surface area (Å²) in [5.41, 5.74) is 10.1. The lowest BCUT2D eigenvalue weighted by Crippen LogP contribution is -2.30. The number of nitrogens with zero attached hydrogens (tertiary/aromatic N) is 1. The largest absolute Gasteiger partial charge is 0.462 e. The van der Waals surface area contributed by atoms with Crippen LogP contribution in [0.25, 0.3) is 11.1 Å². The fourth-order valence-corrected chi connectivity index (χ4v) is 6.11. The van der Waals surface area contributed by atoms with Gasteiger partial charge in [0.05, 0.1) is 13.2 Å². The zero-order valence-corrected chi connectivity index (χ0v) is 26.0. The molecule has 5 heteroatoms. The second-order valence-corrected chi connectivity index (χ2v) is 11.7. The normalized spacial score (nSPS) is 12.5. The molecular weight excluding hydrogens is 546 g/mol. The number of esters is 2. The number of rotatable bonds is 11. The van der Waals surface area contributed by atoms with Crippen LogP contribution >= 0.6 is 0 Å². The van der Waals surface area contributed by atoms with Crippen molar-refractivity contribution in [3.05, 3.63) is 138 Å². The molecule has 0 saturated carbocycles. The second kappa shape index (κ2) is 12.8. The van der Waals surface area contributed by atoms with Gasteiger partial charge in [-0.25, -0.2) is 9.59 Å². The Balaban J connectivity index is 1.66. The van der Waals surface area contributed by atoms with Gasteiger partial charge in [0.1, 0.15) is 0 Å². The van der Waals surface area contributed by atoms with Crippen molar-refractivity contribution < 1.29 is 19.1 Å². The molecule has 5 nitrogen and oxygen atoms in total. The minimum absolute atomic E-state index is 0.192. The molecule has 0 heterocycles. The third-order valence-electron chi connectivity index (χ3n) is 8.25. The number of fused-ring (bicyclic) bond motifs is 3. The fraction of sp³-hybridized carbons (Fsp3) is 0.231. The zero-order chi connectivity index (χ0) is 31.4. The summed E-state index contributed by atoms with van der Waals surface area (Å²) < 4.78 is 11.3. The van der Waals surface area contributed by atoms with Crippen molar-refractivity contribution in [2.45, 2.75) is 46.0 Å². The molecule has 44 heavy (non-hydrogen) atoms. The Morgan fingerprint density at radius 1 is 0.636 bits per heavy atom. The molecule has 0 radical (unpaired) electrons. The van der Waals surface area contributed by atoms with Crippen LogP contribution in [0, 0.1) is 13.8 Å². The van der Waals surface area contributed by atoms with E-state index in [1.165, 1.54) is 11.1 Å². The average molecular weight is 586 g/mol. The second-order valence-electron chi connectivity index (χ2n) is 11.7. The molecule has 1 aliphatic rings. The van der Waals surface area contributed by atoms with Crippen LogP contribution in [0.5, 0.6) is 0 Å². The first-order chi connectivity index (χ1) is 21.1. The molecule has 1 aliphatic carbocycles. The lowest BCUT2D eigenvalue weighted by molar-refractivity contribution is -0.139. The Kier molecular flexibility index (Phi) is 8.86. The number of carbonyl (C=O) groups excluding carboxylic acids is 2. The molecule has 0 atom stereocenters. The van der Waals surface area contributed by atoms with Gasteiger partial charge in [-0.3, -0.25) is 0 Å². The molecule has 0 N–H and O–H groups in total. The predicted molar refractivity (Wildman–Crippen MR) is 178 cm³/mol. The topological polar surface area (TPSA) is 55.8 Å². The lowest BCUT2D eigenvalue weighted by Gasteiger charge is -2.33. The van der Waals surface area contributed by atoms with Crippen molar-refractivity contribution in [2.75, 3.05) is 18.1 Å². The van der Waals surface area contributed by atoms with Crippen LogP contribution in [0.4, 0.5) is 17.1 Å². The van der Waals surface area contributed by atoms with Crippen LogP contribution in [-0.2, 0) is 24.5 Å². The summed E-state index contributed by atoms with van der Waals surface area (Å²) in [7, 11) is 0. The number of aryl methyl sites for hydroxylation is 2. The van der Waals surface area contributed by atoms with Crippen molar-refractivity contribution >= 4 is 29.0 Å². The molecule has 0 bridgehead atoms. The Labute approximate surface area is 260 Å². The van der Waals surface area contributed by atoms with Crippen LogP contribution in [0.15, 0.2) is 115 Å². The lowest BCUT2D eigenvalue weighted by atomic mass is 9.73. The van der Waals surface area contributed by atoms with Gasteiger partial charge < -0.3 is 14.4 Å². The minimum atomic E-state index is -0.572. The summed E-state index contributed by atoms with van der Waals surface area (Å²) in [6.07, 6.45) is 1.03. The van der Waals surface area contributed by atoms with Crippen molar-refractivity contribution in [1.82, 2.24) is 0 Å². The number of carbonyl (C=O) groups is 2. The highest BCUT2D eigenvalue weighted by Crippen LogP contribution is 2.54. The Morgan fingerprint density at radius 3 is 1.66 bits per heavy atom. The first kappa shape index (κ1) is 30.6. The van der Waals surface area contributed by atoms with E-state index in [0.29, 0.717) is 24.0 Å². The monoisotopic (exact) mass is 585 g/mol. The first-order valence-electron chi connectivity index (χ1n) is 14.9. The molecule has 0 unspecified atom stereocenters. The number of benzene rings is 4. The fourth-order valence-electron chi connectivity index (χ4n) is 6.11. The standard InChI is InChI=1S/C39H39NO4/c1-26(2)37(41)43-21-19-39(20-22-44-38(42)27(3)4)35-16-8-7-15-33(35)34-18-17-32(25-36(34)39)40(30-13-9-11-28(5)23-30)31-14-10-12-29(6)24-31/h7-18,23-25H,1,3,19-22H2,2,4-6H3. The average Bonchev–Trinajstić information content (AvgIpc) is 3.26. The smallest absolute Gasteiger partial charge is 0.333 e. The molecule has 4 aromatic rings. The van der Waals surface area contributed by atoms with E-state index in [1.807, 2.05) is 12.1 Å². The maximum absolute atomic E-state index is 12.4. The summed E-state index contributed by atoms with van der Waals surface area (Å²) in [4.78, 5) is 27.1. The van der Waals surface area contributed by atoms with E-state index in [2.05, 4.69) is 111 Å². The summed E-state index contributed by atoms with van der Waals surface area (Å²) in [6, 6.07) is 31.9. The van der Waals surface area contributed by atoms with Crippen molar-refractivity contribution in [1.29, 1.82) is 0 Å². The van der Waals surface area contributed by atoms with Crippen LogP contribution in [0.2, 0.25) is 0 Å². The van der Waals surface area contributed by atoms with Crippen LogP contribution in [0.1, 0.15) is 48.9 Å². The first-order valence-corrected chi connectivity index (χ1v) is 14.9. The van der Waals surface area contributed by atoms with Crippen LogP contribution < -0.4 is 4.90 Å². The summed E-state index contributed by atoms with van der Waals surface area (Å²) in [5, 5.41) is 0. The SMILES string of the molecule is C=C(C)C(=O)OCCC1(CCOC(=O)C(=C)C)c2ccccc2-c2ccc(N(c3cccc(C)c3)c3cccc(C)c3)cc21. The molecule has 0 saturated heterocycles. The highest BCUT2D eigenvalue weighted by molar-refractivity contribution is 5.88. The number of hydrogen-bond acceptors (Lipinski definition) is 5. The zero-order valence-electron chi connectivity index (χ0n) is 26.0. The molecular formula is C39H39NO4. The Bertz CT molecular complexity index is 1670. The maximum Gasteiger partial charge on any atom is 0.333 e. The molecule has 0 spiro atoms. The van der Waals surface area contributed by atoms with Gasteiger partial charge in [0.15, 0.2) is 0 Å². The summed E-state index contributed by atoms with van der Waals surface area (Å²) in [5.74, 6) is -0.835. The molecule has 0 fully saturated rings. The van der Waals surface area contributed by atoms with Crippen molar-refractivity contribution in [3.8, 4) is 11.1 Å². The van der Waals surface area contributed by atoms with Gasteiger partial charge >= 0.3 is 11.9 Å². The van der Waals surface area contributed by atoms with Crippen molar-refractivity contribution in [2.24, 2.45) is 0 Å². The summed E-state index contributed by atoms with van der Waals surface area (Å²) >= 11 is 0. The molecule has 0 aromatic heterocycles. The van der Waals surface area contributed by atoms with E-state index in [9.17, 15) is 9.59 Å². The molecule has 0 amide bonds. The van der Waals surface area contributed by atoms with Gasteiger partial charge in [-0.1, -0.05) is 67.8 Å².